The van der Waals surface area contributed by atoms with E-state index < -0.39 is 0 Å². The molecule has 0 aliphatic rings. The minimum absolute atomic E-state index is 0.247. The fraction of sp³-hybridized carbons (Fsp3) is 0.462. The van der Waals surface area contributed by atoms with Gasteiger partial charge < -0.3 is 15.2 Å². The predicted molar refractivity (Wildman–Crippen MR) is 69.2 cm³/mol. The molecule has 1 aromatic carbocycles. The molecule has 0 bridgehead atoms. The summed E-state index contributed by atoms with van der Waals surface area (Å²) in [5.41, 5.74) is 7.64. The smallest absolute Gasteiger partial charge is 0.319 e. The largest absolute Gasteiger partial charge is 0.496 e. The molecular weight excluding hydrogens is 232 g/mol. The summed E-state index contributed by atoms with van der Waals surface area (Å²) in [6.45, 7) is 1.36. The van der Waals surface area contributed by atoms with E-state index in [1.54, 1.807) is 7.11 Å². The Bertz CT molecular complexity index is 407. The van der Waals surface area contributed by atoms with Crippen molar-refractivity contribution < 1.29 is 14.3 Å². The van der Waals surface area contributed by atoms with Crippen molar-refractivity contribution in [2.75, 3.05) is 27.8 Å². The zero-order valence-electron chi connectivity index (χ0n) is 11.1. The summed E-state index contributed by atoms with van der Waals surface area (Å²) >= 11 is 0. The number of rotatable bonds is 6. The molecule has 0 amide bonds. The molecule has 0 saturated carbocycles. The van der Waals surface area contributed by atoms with Gasteiger partial charge in [0.2, 0.25) is 0 Å². The van der Waals surface area contributed by atoms with E-state index in [4.69, 9.17) is 10.5 Å². The van der Waals surface area contributed by atoms with Crippen molar-refractivity contribution in [3.8, 4) is 5.75 Å². The standard InChI is InChI=1S/C13H20N2O3/c1-15(9-13(16)18-3)8-10-4-5-11(7-14)12(6-10)17-2/h4-6H,7-9,14H2,1-3H3. The minimum Gasteiger partial charge on any atom is -0.496 e. The van der Waals surface area contributed by atoms with Crippen LogP contribution in [0.5, 0.6) is 5.75 Å². The van der Waals surface area contributed by atoms with E-state index in [0.717, 1.165) is 16.9 Å². The number of likely N-dealkylation sites (N-methyl/N-ethyl adjacent to an activating group) is 1. The van der Waals surface area contributed by atoms with E-state index in [1.807, 2.05) is 30.1 Å². The highest BCUT2D eigenvalue weighted by molar-refractivity contribution is 5.71. The van der Waals surface area contributed by atoms with Gasteiger partial charge in [0.25, 0.3) is 0 Å². The van der Waals surface area contributed by atoms with Crippen LogP contribution < -0.4 is 10.5 Å². The number of nitrogens with two attached hydrogens (primary N) is 1. The molecule has 0 aromatic heterocycles. The first-order chi connectivity index (χ1) is 8.60. The highest BCUT2D eigenvalue weighted by Gasteiger charge is 2.08. The van der Waals surface area contributed by atoms with Gasteiger partial charge in [-0.05, 0) is 18.7 Å². The summed E-state index contributed by atoms with van der Waals surface area (Å²) < 4.78 is 9.89. The van der Waals surface area contributed by atoms with Crippen LogP contribution in [0.4, 0.5) is 0 Å². The number of nitrogens with zero attached hydrogens (tertiary/aromatic N) is 1. The van der Waals surface area contributed by atoms with Crippen LogP contribution in [0.25, 0.3) is 0 Å². The van der Waals surface area contributed by atoms with E-state index in [9.17, 15) is 4.79 Å². The number of hydrogen-bond acceptors (Lipinski definition) is 5. The van der Waals surface area contributed by atoms with Gasteiger partial charge in [-0.1, -0.05) is 12.1 Å². The maximum Gasteiger partial charge on any atom is 0.319 e. The highest BCUT2D eigenvalue weighted by atomic mass is 16.5. The van der Waals surface area contributed by atoms with Crippen molar-refractivity contribution in [3.05, 3.63) is 29.3 Å². The van der Waals surface area contributed by atoms with Crippen LogP contribution in [0.3, 0.4) is 0 Å². The summed E-state index contributed by atoms with van der Waals surface area (Å²) in [6.07, 6.45) is 0. The van der Waals surface area contributed by atoms with Gasteiger partial charge in [0, 0.05) is 18.7 Å². The first-order valence-electron chi connectivity index (χ1n) is 5.72. The normalized spacial score (nSPS) is 10.5. The van der Waals surface area contributed by atoms with Gasteiger partial charge in [-0.15, -0.1) is 0 Å². The molecule has 18 heavy (non-hydrogen) atoms. The van der Waals surface area contributed by atoms with Gasteiger partial charge in [-0.2, -0.15) is 0 Å². The molecule has 0 aliphatic carbocycles. The molecule has 100 valence electrons. The Morgan fingerprint density at radius 1 is 1.39 bits per heavy atom. The summed E-state index contributed by atoms with van der Waals surface area (Å²) in [6, 6.07) is 5.87. The van der Waals surface area contributed by atoms with E-state index in [0.29, 0.717) is 13.1 Å². The molecule has 0 fully saturated rings. The van der Waals surface area contributed by atoms with Crippen molar-refractivity contribution in [2.45, 2.75) is 13.1 Å². The SMILES string of the molecule is COC(=O)CN(C)Cc1ccc(CN)c(OC)c1. The lowest BCUT2D eigenvalue weighted by molar-refractivity contribution is -0.141. The topological polar surface area (TPSA) is 64.8 Å². The minimum atomic E-state index is -0.247. The van der Waals surface area contributed by atoms with Gasteiger partial charge in [0.15, 0.2) is 0 Å². The lowest BCUT2D eigenvalue weighted by atomic mass is 10.1. The average molecular weight is 252 g/mol. The monoisotopic (exact) mass is 252 g/mol. The number of esters is 1. The lowest BCUT2D eigenvalue weighted by Gasteiger charge is -2.16. The molecule has 0 aliphatic heterocycles. The fourth-order valence-corrected chi connectivity index (χ4v) is 1.71. The maximum absolute atomic E-state index is 11.1. The van der Waals surface area contributed by atoms with E-state index >= 15 is 0 Å². The fourth-order valence-electron chi connectivity index (χ4n) is 1.71. The lowest BCUT2D eigenvalue weighted by Crippen LogP contribution is -2.26. The second-order valence-corrected chi connectivity index (χ2v) is 4.10. The Kier molecular flexibility index (Phi) is 5.61. The number of carbonyl (C=O) groups is 1. The van der Waals surface area contributed by atoms with Crippen LogP contribution >= 0.6 is 0 Å². The first kappa shape index (κ1) is 14.5. The van der Waals surface area contributed by atoms with Crippen LogP contribution in [0.1, 0.15) is 11.1 Å². The van der Waals surface area contributed by atoms with Gasteiger partial charge in [-0.3, -0.25) is 9.69 Å². The summed E-state index contributed by atoms with van der Waals surface area (Å²) in [4.78, 5) is 13.0. The molecule has 1 aromatic rings. The molecule has 0 saturated heterocycles. The Labute approximate surface area is 107 Å². The molecule has 0 atom stereocenters. The van der Waals surface area contributed by atoms with Crippen molar-refractivity contribution in [3.63, 3.8) is 0 Å². The van der Waals surface area contributed by atoms with Crippen molar-refractivity contribution in [2.24, 2.45) is 5.73 Å². The van der Waals surface area contributed by atoms with Crippen LogP contribution in [0, 0.1) is 0 Å². The van der Waals surface area contributed by atoms with E-state index in [-0.39, 0.29) is 12.5 Å². The van der Waals surface area contributed by atoms with Crippen LogP contribution in [0.2, 0.25) is 0 Å². The molecule has 0 spiro atoms. The van der Waals surface area contributed by atoms with Gasteiger partial charge in [0.05, 0.1) is 20.8 Å². The molecule has 0 unspecified atom stereocenters. The quantitative estimate of drug-likeness (QED) is 0.757. The molecule has 1 rings (SSSR count). The van der Waals surface area contributed by atoms with Crippen LogP contribution in [0.15, 0.2) is 18.2 Å². The number of methoxy groups -OCH3 is 2. The Hall–Kier alpha value is -1.59. The Morgan fingerprint density at radius 2 is 2.11 bits per heavy atom. The molecule has 0 heterocycles. The zero-order chi connectivity index (χ0) is 13.5. The molecule has 0 radical (unpaired) electrons. The Morgan fingerprint density at radius 3 is 2.67 bits per heavy atom. The van der Waals surface area contributed by atoms with Crippen LogP contribution in [-0.2, 0) is 22.6 Å². The number of ether oxygens (including phenoxy) is 2. The maximum atomic E-state index is 11.1. The second-order valence-electron chi connectivity index (χ2n) is 4.10. The first-order valence-corrected chi connectivity index (χ1v) is 5.72. The summed E-state index contributed by atoms with van der Waals surface area (Å²) in [5.74, 6) is 0.532. The summed E-state index contributed by atoms with van der Waals surface area (Å²) in [5, 5.41) is 0. The average Bonchev–Trinajstić information content (AvgIpc) is 2.38. The van der Waals surface area contributed by atoms with Crippen molar-refractivity contribution in [1.29, 1.82) is 0 Å². The highest BCUT2D eigenvalue weighted by Crippen LogP contribution is 2.20. The third kappa shape index (κ3) is 4.01. The molecule has 2 N–H and O–H groups in total. The molecule has 5 nitrogen and oxygen atoms in total. The molecular formula is C13H20N2O3. The van der Waals surface area contributed by atoms with E-state index in [1.165, 1.54) is 7.11 Å². The van der Waals surface area contributed by atoms with E-state index in [2.05, 4.69) is 4.74 Å². The van der Waals surface area contributed by atoms with Gasteiger partial charge in [-0.25, -0.2) is 0 Å². The second kappa shape index (κ2) is 6.98. The predicted octanol–water partition coefficient (Wildman–Crippen LogP) is 0.759. The van der Waals surface area contributed by atoms with Crippen LogP contribution in [-0.4, -0.2) is 38.7 Å². The van der Waals surface area contributed by atoms with Crippen molar-refractivity contribution in [1.82, 2.24) is 4.90 Å². The zero-order valence-corrected chi connectivity index (χ0v) is 11.1. The number of hydrogen-bond donors (Lipinski definition) is 1. The van der Waals surface area contributed by atoms with Gasteiger partial charge >= 0.3 is 5.97 Å². The van der Waals surface area contributed by atoms with Crippen molar-refractivity contribution >= 4 is 5.97 Å². The Balaban J connectivity index is 2.70. The summed E-state index contributed by atoms with van der Waals surface area (Å²) in [7, 11) is 4.87. The third-order valence-electron chi connectivity index (χ3n) is 2.65. The number of benzene rings is 1. The van der Waals surface area contributed by atoms with Gasteiger partial charge in [0.1, 0.15) is 5.75 Å². The number of carbonyl (C=O) groups excluding carboxylic acids is 1. The molecule has 5 heteroatoms. The third-order valence-corrected chi connectivity index (χ3v) is 2.65.